The van der Waals surface area contributed by atoms with E-state index in [4.69, 9.17) is 14.2 Å². The number of ether oxygens (including phenoxy) is 3. The quantitative estimate of drug-likeness (QED) is 0.0262. The predicted octanol–water partition coefficient (Wildman–Crippen LogP) is 18.3. The number of carbonyl (C=O) groups is 3. The minimum Gasteiger partial charge on any atom is -0.462 e. The molecule has 370 valence electrons. The van der Waals surface area contributed by atoms with Crippen LogP contribution in [0.3, 0.4) is 0 Å². The van der Waals surface area contributed by atoms with Gasteiger partial charge in [-0.2, -0.15) is 0 Å². The van der Waals surface area contributed by atoms with Gasteiger partial charge in [-0.05, 0) is 70.6 Å². The van der Waals surface area contributed by atoms with Gasteiger partial charge in [-0.3, -0.25) is 14.4 Å². The molecule has 0 aromatic heterocycles. The first-order valence-electron chi connectivity index (χ1n) is 27.8. The van der Waals surface area contributed by atoms with E-state index in [2.05, 4.69) is 45.1 Å². The molecule has 6 nitrogen and oxygen atoms in total. The standard InChI is InChI=1S/C57H106O6/c1-4-7-10-13-16-19-22-25-28-30-32-35-38-41-44-47-50-56(59)62-53-54(52-61-55(58)49-46-43-40-37-34-31-27-24-21-18-15-12-9-6-3)63-57(60)51-48-45-42-39-36-33-29-26-23-20-17-14-11-8-5-2/h24,27-28,30,54H,4-23,25-26,29,31-53H2,1-3H3/b27-24-,30-28-/t54-/m1/s1. The molecule has 6 heteroatoms. The fraction of sp³-hybridized carbons (Fsp3) is 0.877. The molecule has 0 heterocycles. The molecular formula is C57H106O6. The van der Waals surface area contributed by atoms with E-state index in [1.807, 2.05) is 0 Å². The first-order valence-corrected chi connectivity index (χ1v) is 27.8. The van der Waals surface area contributed by atoms with Crippen LogP contribution < -0.4 is 0 Å². The van der Waals surface area contributed by atoms with E-state index in [1.165, 1.54) is 193 Å². The molecule has 0 unspecified atom stereocenters. The van der Waals surface area contributed by atoms with Gasteiger partial charge in [0.15, 0.2) is 6.10 Å². The number of hydrogen-bond donors (Lipinski definition) is 0. The maximum absolute atomic E-state index is 12.8. The van der Waals surface area contributed by atoms with Crippen LogP contribution in [0.15, 0.2) is 24.3 Å². The van der Waals surface area contributed by atoms with Gasteiger partial charge in [-0.25, -0.2) is 0 Å². The predicted molar refractivity (Wildman–Crippen MR) is 270 cm³/mol. The van der Waals surface area contributed by atoms with Crippen molar-refractivity contribution in [3.63, 3.8) is 0 Å². The second-order valence-electron chi connectivity index (χ2n) is 18.8. The average molecular weight is 887 g/mol. The number of hydrogen-bond acceptors (Lipinski definition) is 6. The van der Waals surface area contributed by atoms with Gasteiger partial charge in [0.2, 0.25) is 0 Å². The molecule has 63 heavy (non-hydrogen) atoms. The number of carbonyl (C=O) groups excluding carboxylic acids is 3. The van der Waals surface area contributed by atoms with Crippen LogP contribution >= 0.6 is 0 Å². The largest absolute Gasteiger partial charge is 0.462 e. The third-order valence-corrected chi connectivity index (χ3v) is 12.4. The summed E-state index contributed by atoms with van der Waals surface area (Å²) in [7, 11) is 0. The van der Waals surface area contributed by atoms with Crippen LogP contribution in [-0.2, 0) is 28.6 Å². The molecule has 0 aromatic carbocycles. The van der Waals surface area contributed by atoms with Gasteiger partial charge in [0.25, 0.3) is 0 Å². The topological polar surface area (TPSA) is 78.9 Å². The summed E-state index contributed by atoms with van der Waals surface area (Å²) in [6, 6.07) is 0. The van der Waals surface area contributed by atoms with Crippen LogP contribution in [0.5, 0.6) is 0 Å². The Bertz CT molecular complexity index is 1020. The van der Waals surface area contributed by atoms with E-state index in [1.54, 1.807) is 0 Å². The third kappa shape index (κ3) is 50.7. The lowest BCUT2D eigenvalue weighted by molar-refractivity contribution is -0.167. The Morgan fingerprint density at radius 2 is 0.524 bits per heavy atom. The molecule has 0 aromatic rings. The summed E-state index contributed by atoms with van der Waals surface area (Å²) in [6.07, 6.45) is 60.2. The third-order valence-electron chi connectivity index (χ3n) is 12.4. The normalized spacial score (nSPS) is 12.1. The summed E-state index contributed by atoms with van der Waals surface area (Å²) in [5.41, 5.74) is 0. The molecule has 0 amide bonds. The first kappa shape index (κ1) is 60.9. The van der Waals surface area contributed by atoms with Crippen molar-refractivity contribution < 1.29 is 28.6 Å². The summed E-state index contributed by atoms with van der Waals surface area (Å²) in [4.78, 5) is 38.1. The average Bonchev–Trinajstić information content (AvgIpc) is 3.28. The highest BCUT2D eigenvalue weighted by atomic mass is 16.6. The molecule has 0 spiro atoms. The first-order chi connectivity index (χ1) is 31.0. The SMILES string of the molecule is CCCCCCC/C=C\CCCCCCCC(=O)OC[C@H](COC(=O)CCCCCCC/C=C\CCCCCCCCC)OC(=O)CCCCCCCCCCCCCCCCC. The van der Waals surface area contributed by atoms with Crippen LogP contribution in [0.1, 0.15) is 303 Å². The molecule has 0 rings (SSSR count). The summed E-state index contributed by atoms with van der Waals surface area (Å²) < 4.78 is 16.8. The second-order valence-corrected chi connectivity index (χ2v) is 18.8. The zero-order valence-electron chi connectivity index (χ0n) is 42.4. The molecular weight excluding hydrogens is 781 g/mol. The Hall–Kier alpha value is -2.11. The summed E-state index contributed by atoms with van der Waals surface area (Å²) >= 11 is 0. The summed E-state index contributed by atoms with van der Waals surface area (Å²) in [6.45, 7) is 6.65. The van der Waals surface area contributed by atoms with E-state index >= 15 is 0 Å². The van der Waals surface area contributed by atoms with Gasteiger partial charge in [0, 0.05) is 19.3 Å². The van der Waals surface area contributed by atoms with Gasteiger partial charge in [-0.15, -0.1) is 0 Å². The Labute approximate surface area is 392 Å². The number of esters is 3. The van der Waals surface area contributed by atoms with E-state index in [0.717, 1.165) is 70.6 Å². The molecule has 0 saturated carbocycles. The summed E-state index contributed by atoms with van der Waals surface area (Å²) in [5.74, 6) is -0.873. The van der Waals surface area contributed by atoms with Gasteiger partial charge >= 0.3 is 17.9 Å². The van der Waals surface area contributed by atoms with Crippen molar-refractivity contribution in [1.82, 2.24) is 0 Å². The molecule has 0 fully saturated rings. The fourth-order valence-electron chi connectivity index (χ4n) is 8.20. The van der Waals surface area contributed by atoms with Gasteiger partial charge < -0.3 is 14.2 Å². The smallest absolute Gasteiger partial charge is 0.306 e. The van der Waals surface area contributed by atoms with Crippen molar-refractivity contribution in [2.45, 2.75) is 309 Å². The van der Waals surface area contributed by atoms with Crippen LogP contribution in [0.4, 0.5) is 0 Å². The van der Waals surface area contributed by atoms with Gasteiger partial charge in [0.1, 0.15) is 13.2 Å². The molecule has 0 aliphatic heterocycles. The Balaban J connectivity index is 4.36. The zero-order chi connectivity index (χ0) is 45.8. The Morgan fingerprint density at radius 1 is 0.302 bits per heavy atom. The monoisotopic (exact) mass is 887 g/mol. The molecule has 0 N–H and O–H groups in total. The van der Waals surface area contributed by atoms with E-state index < -0.39 is 6.10 Å². The van der Waals surface area contributed by atoms with Crippen LogP contribution in [0.25, 0.3) is 0 Å². The fourth-order valence-corrected chi connectivity index (χ4v) is 8.20. The number of unbranched alkanes of at least 4 members (excludes halogenated alkanes) is 36. The van der Waals surface area contributed by atoms with Gasteiger partial charge in [0.05, 0.1) is 0 Å². The molecule has 0 bridgehead atoms. The van der Waals surface area contributed by atoms with Crippen molar-refractivity contribution in [1.29, 1.82) is 0 Å². The van der Waals surface area contributed by atoms with Crippen molar-refractivity contribution in [2.24, 2.45) is 0 Å². The van der Waals surface area contributed by atoms with E-state index in [9.17, 15) is 14.4 Å². The molecule has 1 atom stereocenters. The Morgan fingerprint density at radius 3 is 0.794 bits per heavy atom. The van der Waals surface area contributed by atoms with Crippen molar-refractivity contribution in [3.8, 4) is 0 Å². The van der Waals surface area contributed by atoms with Crippen molar-refractivity contribution in [3.05, 3.63) is 24.3 Å². The lowest BCUT2D eigenvalue weighted by Crippen LogP contribution is -2.30. The summed E-state index contributed by atoms with van der Waals surface area (Å²) in [5, 5.41) is 0. The van der Waals surface area contributed by atoms with Crippen LogP contribution in [0, 0.1) is 0 Å². The Kier molecular flexibility index (Phi) is 50.8. The minimum atomic E-state index is -0.773. The van der Waals surface area contributed by atoms with Crippen LogP contribution in [0.2, 0.25) is 0 Å². The van der Waals surface area contributed by atoms with Crippen molar-refractivity contribution >= 4 is 17.9 Å². The second kappa shape index (κ2) is 52.5. The molecule has 0 aliphatic rings. The highest BCUT2D eigenvalue weighted by molar-refractivity contribution is 5.71. The molecule has 0 radical (unpaired) electrons. The highest BCUT2D eigenvalue weighted by Crippen LogP contribution is 2.16. The zero-order valence-corrected chi connectivity index (χ0v) is 42.4. The maximum Gasteiger partial charge on any atom is 0.306 e. The molecule has 0 saturated heterocycles. The highest BCUT2D eigenvalue weighted by Gasteiger charge is 2.19. The van der Waals surface area contributed by atoms with Crippen LogP contribution in [-0.4, -0.2) is 37.2 Å². The lowest BCUT2D eigenvalue weighted by Gasteiger charge is -2.18. The van der Waals surface area contributed by atoms with E-state index in [-0.39, 0.29) is 31.1 Å². The van der Waals surface area contributed by atoms with Gasteiger partial charge in [-0.1, -0.05) is 238 Å². The number of allylic oxidation sites excluding steroid dienone is 4. The number of rotatable bonds is 51. The maximum atomic E-state index is 12.8. The lowest BCUT2D eigenvalue weighted by atomic mass is 10.0. The van der Waals surface area contributed by atoms with E-state index in [0.29, 0.717) is 19.3 Å². The minimum absolute atomic E-state index is 0.0742. The molecule has 0 aliphatic carbocycles. The van der Waals surface area contributed by atoms with Crippen molar-refractivity contribution in [2.75, 3.05) is 13.2 Å².